The molecule has 43 heavy (non-hydrogen) atoms. The summed E-state index contributed by atoms with van der Waals surface area (Å²) in [6.07, 6.45) is 2.16. The Kier molecular flexibility index (Phi) is 12.6. The van der Waals surface area contributed by atoms with Gasteiger partial charge in [-0.05, 0) is 82.0 Å². The Morgan fingerprint density at radius 2 is 1.58 bits per heavy atom. The molecule has 3 aromatic carbocycles. The Morgan fingerprint density at radius 1 is 0.953 bits per heavy atom. The van der Waals surface area contributed by atoms with Gasteiger partial charge in [-0.15, -0.1) is 11.8 Å². The van der Waals surface area contributed by atoms with Crippen molar-refractivity contribution in [3.63, 3.8) is 0 Å². The molecule has 12 heteroatoms. The first kappa shape index (κ1) is 34.6. The van der Waals surface area contributed by atoms with Crippen LogP contribution in [0.25, 0.3) is 0 Å². The lowest BCUT2D eigenvalue weighted by Gasteiger charge is -2.34. The van der Waals surface area contributed by atoms with E-state index in [4.69, 9.17) is 27.9 Å². The highest BCUT2D eigenvalue weighted by atomic mass is 35.5. The topological polar surface area (TPSA) is 96.0 Å². The van der Waals surface area contributed by atoms with Crippen LogP contribution in [-0.2, 0) is 26.2 Å². The molecule has 3 rings (SSSR count). The molecule has 0 bridgehead atoms. The summed E-state index contributed by atoms with van der Waals surface area (Å²) in [5, 5.41) is 3.52. The molecule has 232 valence electrons. The van der Waals surface area contributed by atoms with Gasteiger partial charge in [-0.1, -0.05) is 48.3 Å². The Hall–Kier alpha value is -2.92. The molecule has 3 aromatic rings. The standard InChI is InChI=1S/C31H37Cl2N3O5S2/c1-6-27(31(38)34-21(3)4)35(19-24-25(32)11-10-12-26(24)33)30(37)20-36(28-13-8-9-14-29(28)41-7-2)43(39,40)23-17-15-22(42-5)16-18-23/h8-18,21,27H,6-7,19-20H2,1-5H3,(H,34,38)/t27-/m1/s1. The Morgan fingerprint density at radius 3 is 2.14 bits per heavy atom. The van der Waals surface area contributed by atoms with E-state index in [0.717, 1.165) is 9.20 Å². The third kappa shape index (κ3) is 8.59. The predicted molar refractivity (Wildman–Crippen MR) is 175 cm³/mol. The second-order valence-corrected chi connectivity index (χ2v) is 13.5. The lowest BCUT2D eigenvalue weighted by Crippen LogP contribution is -2.53. The average Bonchev–Trinajstić information content (AvgIpc) is 2.97. The minimum Gasteiger partial charge on any atom is -0.492 e. The van der Waals surface area contributed by atoms with Crippen molar-refractivity contribution in [2.24, 2.45) is 0 Å². The smallest absolute Gasteiger partial charge is 0.264 e. The van der Waals surface area contributed by atoms with Gasteiger partial charge in [0.15, 0.2) is 0 Å². The Balaban J connectivity index is 2.16. The molecule has 0 unspecified atom stereocenters. The van der Waals surface area contributed by atoms with Gasteiger partial charge in [0.2, 0.25) is 11.8 Å². The van der Waals surface area contributed by atoms with Crippen LogP contribution in [0, 0.1) is 0 Å². The molecule has 0 aliphatic heterocycles. The highest BCUT2D eigenvalue weighted by molar-refractivity contribution is 7.98. The number of benzene rings is 3. The zero-order chi connectivity index (χ0) is 31.7. The molecular weight excluding hydrogens is 629 g/mol. The molecule has 1 atom stereocenters. The minimum absolute atomic E-state index is 0.00897. The maximum Gasteiger partial charge on any atom is 0.264 e. The largest absolute Gasteiger partial charge is 0.492 e. The number of rotatable bonds is 14. The maximum absolute atomic E-state index is 14.3. The average molecular weight is 667 g/mol. The number of thioether (sulfide) groups is 1. The first-order chi connectivity index (χ1) is 20.4. The number of para-hydroxylation sites is 2. The fraction of sp³-hybridized carbons (Fsp3) is 0.355. The van der Waals surface area contributed by atoms with Crippen molar-refractivity contribution in [2.45, 2.75) is 62.5 Å². The number of hydrogen-bond acceptors (Lipinski definition) is 6. The fourth-order valence-corrected chi connectivity index (χ4v) is 6.83. The van der Waals surface area contributed by atoms with E-state index < -0.39 is 28.5 Å². The van der Waals surface area contributed by atoms with E-state index in [1.807, 2.05) is 20.1 Å². The maximum atomic E-state index is 14.3. The molecule has 0 aliphatic carbocycles. The number of hydrogen-bond donors (Lipinski definition) is 1. The number of nitrogens with one attached hydrogen (secondary N) is 1. The normalized spacial score (nSPS) is 12.1. The molecule has 0 saturated carbocycles. The van der Waals surface area contributed by atoms with E-state index in [0.29, 0.717) is 21.4 Å². The number of ether oxygens (including phenoxy) is 1. The van der Waals surface area contributed by atoms with E-state index in [1.165, 1.54) is 28.8 Å². The minimum atomic E-state index is -4.27. The highest BCUT2D eigenvalue weighted by Crippen LogP contribution is 2.34. The van der Waals surface area contributed by atoms with Crippen molar-refractivity contribution in [1.29, 1.82) is 0 Å². The molecular formula is C31H37Cl2N3O5S2. The van der Waals surface area contributed by atoms with E-state index in [1.54, 1.807) is 68.4 Å². The van der Waals surface area contributed by atoms with Crippen molar-refractivity contribution in [2.75, 3.05) is 23.7 Å². The third-order valence-electron chi connectivity index (χ3n) is 6.57. The Labute approximate surface area is 268 Å². The van der Waals surface area contributed by atoms with E-state index in [9.17, 15) is 18.0 Å². The van der Waals surface area contributed by atoms with Crippen LogP contribution in [0.2, 0.25) is 10.0 Å². The number of nitrogens with zero attached hydrogens (tertiary/aromatic N) is 2. The number of sulfonamides is 1. The summed E-state index contributed by atoms with van der Waals surface area (Å²) < 4.78 is 35.2. The van der Waals surface area contributed by atoms with Crippen LogP contribution in [0.15, 0.2) is 76.5 Å². The second kappa shape index (κ2) is 15.7. The molecule has 0 radical (unpaired) electrons. The SMILES string of the molecule is CCOc1ccccc1N(CC(=O)N(Cc1c(Cl)cccc1Cl)[C@H](CC)C(=O)NC(C)C)S(=O)(=O)c1ccc(SC)cc1. The summed E-state index contributed by atoms with van der Waals surface area (Å²) in [7, 11) is -4.27. The number of halogens is 2. The van der Waals surface area contributed by atoms with Crippen LogP contribution in [0.3, 0.4) is 0 Å². The van der Waals surface area contributed by atoms with Crippen LogP contribution in [0.1, 0.15) is 39.7 Å². The van der Waals surface area contributed by atoms with Crippen molar-refractivity contribution in [3.8, 4) is 5.75 Å². The van der Waals surface area contributed by atoms with Gasteiger partial charge in [-0.3, -0.25) is 13.9 Å². The summed E-state index contributed by atoms with van der Waals surface area (Å²) in [6, 6.07) is 16.9. The summed E-state index contributed by atoms with van der Waals surface area (Å²) in [5.74, 6) is -0.685. The van der Waals surface area contributed by atoms with Crippen molar-refractivity contribution < 1.29 is 22.7 Å². The van der Waals surface area contributed by atoms with E-state index in [-0.39, 0.29) is 42.1 Å². The van der Waals surface area contributed by atoms with Gasteiger partial charge < -0.3 is 15.0 Å². The molecule has 0 fully saturated rings. The zero-order valence-electron chi connectivity index (χ0n) is 24.8. The molecule has 0 spiro atoms. The quantitative estimate of drug-likeness (QED) is 0.194. The zero-order valence-corrected chi connectivity index (χ0v) is 28.0. The van der Waals surface area contributed by atoms with Crippen LogP contribution >= 0.6 is 35.0 Å². The lowest BCUT2D eigenvalue weighted by atomic mass is 10.1. The van der Waals surface area contributed by atoms with Crippen LogP contribution in [0.5, 0.6) is 5.75 Å². The molecule has 2 amide bonds. The van der Waals surface area contributed by atoms with Crippen molar-refractivity contribution in [1.82, 2.24) is 10.2 Å². The van der Waals surface area contributed by atoms with Gasteiger partial charge in [0.1, 0.15) is 18.3 Å². The van der Waals surface area contributed by atoms with Gasteiger partial charge >= 0.3 is 0 Å². The first-order valence-corrected chi connectivity index (χ1v) is 17.3. The molecule has 8 nitrogen and oxygen atoms in total. The van der Waals surface area contributed by atoms with Gasteiger partial charge in [0, 0.05) is 33.1 Å². The fourth-order valence-electron chi connectivity index (χ4n) is 4.48. The lowest BCUT2D eigenvalue weighted by molar-refractivity contribution is -0.140. The molecule has 0 aromatic heterocycles. The van der Waals surface area contributed by atoms with E-state index in [2.05, 4.69) is 5.32 Å². The van der Waals surface area contributed by atoms with Crippen LogP contribution < -0.4 is 14.4 Å². The van der Waals surface area contributed by atoms with E-state index >= 15 is 0 Å². The summed E-state index contributed by atoms with van der Waals surface area (Å²) >= 11 is 14.4. The number of amides is 2. The molecule has 0 heterocycles. The summed E-state index contributed by atoms with van der Waals surface area (Å²) in [4.78, 5) is 29.9. The number of anilines is 1. The predicted octanol–water partition coefficient (Wildman–Crippen LogP) is 6.64. The second-order valence-electron chi connectivity index (χ2n) is 9.90. The summed E-state index contributed by atoms with van der Waals surface area (Å²) in [5.41, 5.74) is 0.647. The van der Waals surface area contributed by atoms with Gasteiger partial charge in [-0.2, -0.15) is 0 Å². The van der Waals surface area contributed by atoms with Crippen molar-refractivity contribution in [3.05, 3.63) is 82.3 Å². The van der Waals surface area contributed by atoms with Gasteiger partial charge in [0.25, 0.3) is 10.0 Å². The van der Waals surface area contributed by atoms with Crippen LogP contribution in [-0.4, -0.2) is 56.6 Å². The highest BCUT2D eigenvalue weighted by Gasteiger charge is 2.35. The van der Waals surface area contributed by atoms with Gasteiger partial charge in [-0.25, -0.2) is 8.42 Å². The number of carbonyl (C=O) groups excluding carboxylic acids is 2. The first-order valence-electron chi connectivity index (χ1n) is 13.9. The van der Waals surface area contributed by atoms with Crippen LogP contribution in [0.4, 0.5) is 5.69 Å². The number of carbonyl (C=O) groups is 2. The monoisotopic (exact) mass is 665 g/mol. The third-order valence-corrected chi connectivity index (χ3v) is 9.79. The Bertz CT molecular complexity index is 1500. The molecule has 1 N–H and O–H groups in total. The molecule has 0 saturated heterocycles. The molecule has 0 aliphatic rings. The van der Waals surface area contributed by atoms with Gasteiger partial charge in [0.05, 0.1) is 17.2 Å². The van der Waals surface area contributed by atoms with Crippen molar-refractivity contribution >= 4 is 62.5 Å². The summed E-state index contributed by atoms with van der Waals surface area (Å²) in [6.45, 7) is 6.79.